The lowest BCUT2D eigenvalue weighted by Gasteiger charge is -2.27. The Labute approximate surface area is 170 Å². The van der Waals surface area contributed by atoms with Crippen molar-refractivity contribution in [3.63, 3.8) is 0 Å². The van der Waals surface area contributed by atoms with Gasteiger partial charge in [0, 0.05) is 5.69 Å². The van der Waals surface area contributed by atoms with Gasteiger partial charge in [0.05, 0.1) is 12.6 Å². The molecule has 156 valence electrons. The fraction of sp³-hybridized carbons (Fsp3) is 0.364. The maximum atomic E-state index is 13.7. The lowest BCUT2D eigenvalue weighted by atomic mass is 10.0. The monoisotopic (exact) mass is 403 g/mol. The van der Waals surface area contributed by atoms with Crippen LogP contribution in [0.2, 0.25) is 0 Å². The molecule has 2 aromatic rings. The standard InChI is InChI=1S/C22H27F2N3O2/c1-5-27(13-20(28)26-21-17(23)10-8-11-18(21)24)15(4)22(29)25-19-12-7-6-9-16(19)14(2)3/h6-12,14-15H,5,13H2,1-4H3,(H,25,29)(H,26,28). The van der Waals surface area contributed by atoms with Crippen LogP contribution in [-0.4, -0.2) is 35.8 Å². The van der Waals surface area contributed by atoms with Crippen molar-refractivity contribution in [2.24, 2.45) is 0 Å². The lowest BCUT2D eigenvalue weighted by Crippen LogP contribution is -2.45. The molecule has 1 atom stereocenters. The van der Waals surface area contributed by atoms with Crippen molar-refractivity contribution in [1.82, 2.24) is 4.90 Å². The largest absolute Gasteiger partial charge is 0.324 e. The van der Waals surface area contributed by atoms with Crippen molar-refractivity contribution in [2.75, 3.05) is 23.7 Å². The normalized spacial score (nSPS) is 12.1. The third-order valence-corrected chi connectivity index (χ3v) is 4.75. The zero-order chi connectivity index (χ0) is 21.6. The molecule has 0 saturated heterocycles. The van der Waals surface area contributed by atoms with Crippen molar-refractivity contribution < 1.29 is 18.4 Å². The molecule has 2 rings (SSSR count). The molecule has 2 amide bonds. The van der Waals surface area contributed by atoms with Crippen LogP contribution in [0.4, 0.5) is 20.2 Å². The summed E-state index contributed by atoms with van der Waals surface area (Å²) in [5, 5.41) is 5.16. The fourth-order valence-electron chi connectivity index (χ4n) is 3.02. The number of amides is 2. The van der Waals surface area contributed by atoms with Crippen LogP contribution >= 0.6 is 0 Å². The lowest BCUT2D eigenvalue weighted by molar-refractivity contribution is -0.123. The summed E-state index contributed by atoms with van der Waals surface area (Å²) in [7, 11) is 0. The summed E-state index contributed by atoms with van der Waals surface area (Å²) in [6.45, 7) is 7.81. The molecule has 0 spiro atoms. The van der Waals surface area contributed by atoms with E-state index in [2.05, 4.69) is 10.6 Å². The first-order valence-corrected chi connectivity index (χ1v) is 9.62. The maximum absolute atomic E-state index is 13.7. The first-order chi connectivity index (χ1) is 13.7. The topological polar surface area (TPSA) is 61.4 Å². The molecule has 0 aromatic heterocycles. The molecule has 2 aromatic carbocycles. The van der Waals surface area contributed by atoms with Gasteiger partial charge in [0.25, 0.3) is 0 Å². The van der Waals surface area contributed by atoms with Gasteiger partial charge >= 0.3 is 0 Å². The number of carbonyl (C=O) groups excluding carboxylic acids is 2. The van der Waals surface area contributed by atoms with Crippen LogP contribution in [0.15, 0.2) is 42.5 Å². The number of carbonyl (C=O) groups is 2. The minimum absolute atomic E-state index is 0.176. The summed E-state index contributed by atoms with van der Waals surface area (Å²) < 4.78 is 27.5. The number of likely N-dealkylation sites (N-methyl/N-ethyl adjacent to an activating group) is 1. The van der Waals surface area contributed by atoms with E-state index < -0.39 is 29.3 Å². The molecule has 0 bridgehead atoms. The van der Waals surface area contributed by atoms with E-state index in [4.69, 9.17) is 0 Å². The minimum atomic E-state index is -0.850. The van der Waals surface area contributed by atoms with E-state index in [-0.39, 0.29) is 18.4 Å². The fourth-order valence-corrected chi connectivity index (χ4v) is 3.02. The predicted octanol–water partition coefficient (Wildman–Crippen LogP) is 4.38. The van der Waals surface area contributed by atoms with Crippen LogP contribution in [0, 0.1) is 11.6 Å². The second-order valence-corrected chi connectivity index (χ2v) is 7.12. The molecule has 0 aliphatic carbocycles. The number of halogens is 2. The third-order valence-electron chi connectivity index (χ3n) is 4.75. The molecule has 0 fully saturated rings. The molecule has 0 radical (unpaired) electrons. The SMILES string of the molecule is CCN(CC(=O)Nc1c(F)cccc1F)C(C)C(=O)Nc1ccccc1C(C)C. The van der Waals surface area contributed by atoms with Crippen LogP contribution in [0.1, 0.15) is 39.2 Å². The Morgan fingerprint density at radius 3 is 2.17 bits per heavy atom. The summed E-state index contributed by atoms with van der Waals surface area (Å²) in [5.41, 5.74) is 1.26. The van der Waals surface area contributed by atoms with E-state index in [1.54, 1.807) is 11.8 Å². The zero-order valence-corrected chi connectivity index (χ0v) is 17.1. The zero-order valence-electron chi connectivity index (χ0n) is 17.1. The Hall–Kier alpha value is -2.80. The number of nitrogens with zero attached hydrogens (tertiary/aromatic N) is 1. The third kappa shape index (κ3) is 5.84. The summed E-state index contributed by atoms with van der Waals surface area (Å²) in [4.78, 5) is 26.7. The van der Waals surface area contributed by atoms with Crippen LogP contribution < -0.4 is 10.6 Å². The molecular formula is C22H27F2N3O2. The second-order valence-electron chi connectivity index (χ2n) is 7.12. The first-order valence-electron chi connectivity index (χ1n) is 9.62. The molecule has 5 nitrogen and oxygen atoms in total. The van der Waals surface area contributed by atoms with Gasteiger partial charge in [0.15, 0.2) is 0 Å². The first kappa shape index (κ1) is 22.5. The van der Waals surface area contributed by atoms with Gasteiger partial charge in [-0.15, -0.1) is 0 Å². The predicted molar refractivity (Wildman–Crippen MR) is 111 cm³/mol. The summed E-state index contributed by atoms with van der Waals surface area (Å²) in [5.74, 6) is -2.32. The van der Waals surface area contributed by atoms with Gasteiger partial charge in [-0.2, -0.15) is 0 Å². The summed E-state index contributed by atoms with van der Waals surface area (Å²) in [6.07, 6.45) is 0. The number of para-hydroxylation sites is 2. The highest BCUT2D eigenvalue weighted by Crippen LogP contribution is 2.24. The van der Waals surface area contributed by atoms with E-state index in [0.29, 0.717) is 6.54 Å². The number of benzene rings is 2. The van der Waals surface area contributed by atoms with Gasteiger partial charge in [0.2, 0.25) is 11.8 Å². The van der Waals surface area contributed by atoms with E-state index in [1.807, 2.05) is 45.0 Å². The average molecular weight is 403 g/mol. The highest BCUT2D eigenvalue weighted by molar-refractivity contribution is 5.96. The second kappa shape index (κ2) is 10.1. The Balaban J connectivity index is 2.05. The van der Waals surface area contributed by atoms with Crippen molar-refractivity contribution in [1.29, 1.82) is 0 Å². The molecule has 0 aliphatic rings. The quantitative estimate of drug-likeness (QED) is 0.688. The molecule has 29 heavy (non-hydrogen) atoms. The van der Waals surface area contributed by atoms with Gasteiger partial charge in [0.1, 0.15) is 17.3 Å². The molecule has 1 unspecified atom stereocenters. The summed E-state index contributed by atoms with van der Waals surface area (Å²) in [6, 6.07) is 10.3. The minimum Gasteiger partial charge on any atom is -0.324 e. The number of hydrogen-bond acceptors (Lipinski definition) is 3. The van der Waals surface area contributed by atoms with Crippen LogP contribution in [0.25, 0.3) is 0 Å². The van der Waals surface area contributed by atoms with Crippen molar-refractivity contribution >= 4 is 23.2 Å². The molecule has 0 aliphatic heterocycles. The van der Waals surface area contributed by atoms with E-state index in [0.717, 1.165) is 23.4 Å². The Bertz CT molecular complexity index is 851. The van der Waals surface area contributed by atoms with Gasteiger partial charge in [-0.3, -0.25) is 14.5 Å². The maximum Gasteiger partial charge on any atom is 0.241 e. The van der Waals surface area contributed by atoms with E-state index in [1.165, 1.54) is 6.07 Å². The molecule has 7 heteroatoms. The highest BCUT2D eigenvalue weighted by Gasteiger charge is 2.24. The number of rotatable bonds is 8. The number of nitrogens with one attached hydrogen (secondary N) is 2. The highest BCUT2D eigenvalue weighted by atomic mass is 19.1. The molecule has 0 saturated carbocycles. The average Bonchev–Trinajstić information content (AvgIpc) is 2.68. The van der Waals surface area contributed by atoms with E-state index >= 15 is 0 Å². The van der Waals surface area contributed by atoms with Crippen LogP contribution in [0.5, 0.6) is 0 Å². The summed E-state index contributed by atoms with van der Waals surface area (Å²) >= 11 is 0. The van der Waals surface area contributed by atoms with Crippen LogP contribution in [-0.2, 0) is 9.59 Å². The Morgan fingerprint density at radius 2 is 1.59 bits per heavy atom. The van der Waals surface area contributed by atoms with Gasteiger partial charge in [-0.1, -0.05) is 45.0 Å². The van der Waals surface area contributed by atoms with Gasteiger partial charge in [-0.25, -0.2) is 8.78 Å². The van der Waals surface area contributed by atoms with Crippen LogP contribution in [0.3, 0.4) is 0 Å². The van der Waals surface area contributed by atoms with Crippen molar-refractivity contribution in [3.05, 3.63) is 59.7 Å². The smallest absolute Gasteiger partial charge is 0.241 e. The molecule has 0 heterocycles. The Morgan fingerprint density at radius 1 is 0.966 bits per heavy atom. The van der Waals surface area contributed by atoms with E-state index in [9.17, 15) is 18.4 Å². The molecule has 2 N–H and O–H groups in total. The Kier molecular flexibility index (Phi) is 7.84. The molecular weight excluding hydrogens is 376 g/mol. The van der Waals surface area contributed by atoms with Gasteiger partial charge in [-0.05, 0) is 43.1 Å². The van der Waals surface area contributed by atoms with Gasteiger partial charge < -0.3 is 10.6 Å². The van der Waals surface area contributed by atoms with Crippen molar-refractivity contribution in [3.8, 4) is 0 Å². The van der Waals surface area contributed by atoms with Crippen molar-refractivity contribution in [2.45, 2.75) is 39.7 Å². The number of hydrogen-bond donors (Lipinski definition) is 2. The number of anilines is 2.